The van der Waals surface area contributed by atoms with E-state index in [0.717, 1.165) is 71.3 Å². The van der Waals surface area contributed by atoms with Crippen molar-refractivity contribution < 1.29 is 9.21 Å². The first-order valence-electron chi connectivity index (χ1n) is 13.2. The van der Waals surface area contributed by atoms with Gasteiger partial charge in [-0.3, -0.25) is 4.79 Å². The highest BCUT2D eigenvalue weighted by Gasteiger charge is 2.28. The van der Waals surface area contributed by atoms with Crippen LogP contribution < -0.4 is 0 Å². The van der Waals surface area contributed by atoms with Crippen molar-refractivity contribution in [3.8, 4) is 22.0 Å². The maximum absolute atomic E-state index is 13.8. The number of hydrogen-bond donors (Lipinski definition) is 0. The summed E-state index contributed by atoms with van der Waals surface area (Å²) in [6.07, 6.45) is 4.84. The molecule has 0 atom stereocenters. The number of furan rings is 1. The molecular formula is C32H31N3O2S. The Morgan fingerprint density at radius 2 is 1.74 bits per heavy atom. The van der Waals surface area contributed by atoms with Crippen molar-refractivity contribution in [1.29, 1.82) is 0 Å². The molecule has 1 saturated heterocycles. The molecule has 0 saturated carbocycles. The van der Waals surface area contributed by atoms with Gasteiger partial charge in [-0.15, -0.1) is 11.3 Å². The minimum absolute atomic E-state index is 0.110. The van der Waals surface area contributed by atoms with Gasteiger partial charge in [0.25, 0.3) is 5.91 Å². The summed E-state index contributed by atoms with van der Waals surface area (Å²) in [4.78, 5) is 20.8. The van der Waals surface area contributed by atoms with Gasteiger partial charge in [0, 0.05) is 29.7 Å². The Labute approximate surface area is 227 Å². The number of piperidine rings is 1. The number of carbonyl (C=O) groups is 1. The van der Waals surface area contributed by atoms with Crippen molar-refractivity contribution in [2.75, 3.05) is 13.1 Å². The van der Waals surface area contributed by atoms with Gasteiger partial charge in [-0.1, -0.05) is 60.7 Å². The van der Waals surface area contributed by atoms with Crippen LogP contribution in [-0.2, 0) is 13.0 Å². The van der Waals surface area contributed by atoms with Gasteiger partial charge in [0.1, 0.15) is 10.8 Å². The number of carbonyl (C=O) groups excluding carboxylic acids is 1. The smallest absolute Gasteiger partial charge is 0.255 e. The number of nitrogens with zero attached hydrogens (tertiary/aromatic N) is 3. The molecule has 0 unspecified atom stereocenters. The Morgan fingerprint density at radius 3 is 2.45 bits per heavy atom. The van der Waals surface area contributed by atoms with Crippen molar-refractivity contribution in [2.45, 2.75) is 32.7 Å². The predicted molar refractivity (Wildman–Crippen MR) is 152 cm³/mol. The fourth-order valence-corrected chi connectivity index (χ4v) is 6.22. The van der Waals surface area contributed by atoms with Crippen molar-refractivity contribution in [3.05, 3.63) is 113 Å². The molecule has 1 fully saturated rings. The van der Waals surface area contributed by atoms with E-state index in [-0.39, 0.29) is 5.91 Å². The molecule has 1 aliphatic heterocycles. The number of thiazole rings is 1. The van der Waals surface area contributed by atoms with Crippen molar-refractivity contribution >= 4 is 17.2 Å². The zero-order valence-electron chi connectivity index (χ0n) is 21.5. The van der Waals surface area contributed by atoms with Crippen molar-refractivity contribution in [1.82, 2.24) is 14.5 Å². The average molecular weight is 522 g/mol. The van der Waals surface area contributed by atoms with Crippen LogP contribution in [0.15, 0.2) is 94.9 Å². The van der Waals surface area contributed by atoms with Gasteiger partial charge in [0.05, 0.1) is 29.8 Å². The molecule has 38 heavy (non-hydrogen) atoms. The number of likely N-dealkylation sites (tertiary alicyclic amines) is 1. The molecule has 1 aliphatic rings. The second-order valence-electron chi connectivity index (χ2n) is 10.0. The third kappa shape index (κ3) is 5.09. The summed E-state index contributed by atoms with van der Waals surface area (Å²) in [5.74, 6) is 1.58. The van der Waals surface area contributed by atoms with E-state index in [0.29, 0.717) is 12.5 Å². The number of hydrogen-bond acceptors (Lipinski definition) is 4. The predicted octanol–water partition coefficient (Wildman–Crippen LogP) is 7.32. The van der Waals surface area contributed by atoms with Gasteiger partial charge in [-0.05, 0) is 55.9 Å². The van der Waals surface area contributed by atoms with Gasteiger partial charge in [-0.2, -0.15) is 0 Å². The van der Waals surface area contributed by atoms with Crippen LogP contribution in [0.2, 0.25) is 0 Å². The third-order valence-corrected chi connectivity index (χ3v) is 8.44. The lowest BCUT2D eigenvalue weighted by atomic mass is 9.90. The van der Waals surface area contributed by atoms with Crippen LogP contribution >= 0.6 is 11.3 Å². The van der Waals surface area contributed by atoms with Crippen molar-refractivity contribution in [3.63, 3.8) is 0 Å². The van der Waals surface area contributed by atoms with Crippen LogP contribution in [-0.4, -0.2) is 33.4 Å². The quantitative estimate of drug-likeness (QED) is 0.225. The van der Waals surface area contributed by atoms with Gasteiger partial charge in [0.2, 0.25) is 0 Å². The lowest BCUT2D eigenvalue weighted by Crippen LogP contribution is -2.39. The summed E-state index contributed by atoms with van der Waals surface area (Å²) in [5, 5.41) is 3.05. The highest BCUT2D eigenvalue weighted by atomic mass is 32.1. The Balaban J connectivity index is 1.25. The van der Waals surface area contributed by atoms with Crippen LogP contribution in [0, 0.1) is 12.8 Å². The molecule has 6 rings (SSSR count). The highest BCUT2D eigenvalue weighted by molar-refractivity contribution is 7.13. The summed E-state index contributed by atoms with van der Waals surface area (Å²) >= 11 is 1.62. The summed E-state index contributed by atoms with van der Waals surface area (Å²) in [7, 11) is 0. The molecule has 6 heteroatoms. The first-order chi connectivity index (χ1) is 18.7. The normalized spacial score (nSPS) is 14.2. The number of amides is 1. The molecule has 2 aromatic carbocycles. The van der Waals surface area contributed by atoms with Crippen molar-refractivity contribution in [2.24, 2.45) is 5.92 Å². The highest BCUT2D eigenvalue weighted by Crippen LogP contribution is 2.33. The van der Waals surface area contributed by atoms with E-state index in [4.69, 9.17) is 9.40 Å². The van der Waals surface area contributed by atoms with Crippen LogP contribution in [0.5, 0.6) is 0 Å². The van der Waals surface area contributed by atoms with Crippen LogP contribution in [0.25, 0.3) is 22.0 Å². The van der Waals surface area contributed by atoms with Gasteiger partial charge in [0.15, 0.2) is 0 Å². The Morgan fingerprint density at radius 1 is 1.00 bits per heavy atom. The number of benzene rings is 2. The van der Waals surface area contributed by atoms with Crippen LogP contribution in [0.3, 0.4) is 0 Å². The molecule has 0 aliphatic carbocycles. The van der Waals surface area contributed by atoms with E-state index in [1.165, 1.54) is 5.56 Å². The average Bonchev–Trinajstić information content (AvgIpc) is 3.72. The van der Waals surface area contributed by atoms with E-state index < -0.39 is 0 Å². The summed E-state index contributed by atoms with van der Waals surface area (Å²) in [5.41, 5.74) is 6.00. The van der Waals surface area contributed by atoms with E-state index >= 15 is 0 Å². The minimum atomic E-state index is 0.110. The maximum Gasteiger partial charge on any atom is 0.255 e. The molecule has 5 aromatic rings. The Kier molecular flexibility index (Phi) is 6.97. The number of rotatable bonds is 7. The summed E-state index contributed by atoms with van der Waals surface area (Å²) in [6, 6.07) is 26.8. The van der Waals surface area contributed by atoms with Gasteiger partial charge >= 0.3 is 0 Å². The zero-order valence-corrected chi connectivity index (χ0v) is 22.4. The van der Waals surface area contributed by atoms with E-state index in [1.807, 2.05) is 48.2 Å². The van der Waals surface area contributed by atoms with E-state index in [9.17, 15) is 4.79 Å². The number of aromatic nitrogens is 2. The molecule has 0 spiro atoms. The molecular weight excluding hydrogens is 490 g/mol. The van der Waals surface area contributed by atoms with Crippen LogP contribution in [0.1, 0.15) is 40.2 Å². The second kappa shape index (κ2) is 10.8. The van der Waals surface area contributed by atoms with E-state index in [2.05, 4.69) is 52.4 Å². The Bertz CT molecular complexity index is 1500. The monoisotopic (exact) mass is 521 g/mol. The van der Waals surface area contributed by atoms with Gasteiger partial charge < -0.3 is 13.9 Å². The zero-order chi connectivity index (χ0) is 25.9. The molecule has 0 N–H and O–H groups in total. The first kappa shape index (κ1) is 24.4. The lowest BCUT2D eigenvalue weighted by molar-refractivity contribution is 0.0689. The molecule has 3 aromatic heterocycles. The molecule has 0 bridgehead atoms. The minimum Gasteiger partial charge on any atom is -0.467 e. The standard InChI is InChI=1S/C32H31N3O2S/c1-23-28(32(36)34-16-14-25(15-17-34)19-24-9-4-2-5-10-24)20-30(35(23)21-27-13-8-18-37-27)29-22-38-31(33-29)26-11-6-3-7-12-26/h2-13,18,20,22,25H,14-17,19,21H2,1H3. The fraction of sp³-hybridized carbons (Fsp3) is 0.250. The second-order valence-corrected chi connectivity index (χ2v) is 10.9. The largest absolute Gasteiger partial charge is 0.467 e. The fourth-order valence-electron chi connectivity index (χ4n) is 5.40. The van der Waals surface area contributed by atoms with Crippen LogP contribution in [0.4, 0.5) is 0 Å². The lowest BCUT2D eigenvalue weighted by Gasteiger charge is -2.32. The molecule has 0 radical (unpaired) electrons. The third-order valence-electron chi connectivity index (χ3n) is 7.55. The topological polar surface area (TPSA) is 51.3 Å². The molecule has 4 heterocycles. The first-order valence-corrected chi connectivity index (χ1v) is 14.1. The molecule has 192 valence electrons. The summed E-state index contributed by atoms with van der Waals surface area (Å²) in [6.45, 7) is 4.18. The SMILES string of the molecule is Cc1c(C(=O)N2CCC(Cc3ccccc3)CC2)cc(-c2csc(-c3ccccc3)n2)n1Cc1ccco1. The summed E-state index contributed by atoms with van der Waals surface area (Å²) < 4.78 is 7.84. The van der Waals surface area contributed by atoms with E-state index in [1.54, 1.807) is 17.6 Å². The maximum atomic E-state index is 13.8. The molecule has 1 amide bonds. The van der Waals surface area contributed by atoms with Gasteiger partial charge in [-0.25, -0.2) is 4.98 Å². The molecule has 5 nitrogen and oxygen atoms in total. The Hall–Kier alpha value is -3.90.